The summed E-state index contributed by atoms with van der Waals surface area (Å²) in [7, 11) is -3.43. The summed E-state index contributed by atoms with van der Waals surface area (Å²) in [6.45, 7) is 5.06. The van der Waals surface area contributed by atoms with Gasteiger partial charge in [0.15, 0.2) is 12.3 Å². The van der Waals surface area contributed by atoms with E-state index in [1.165, 1.54) is 4.90 Å². The van der Waals surface area contributed by atoms with E-state index in [1.54, 1.807) is 22.6 Å². The number of rotatable bonds is 5. The molecule has 2 heterocycles. The van der Waals surface area contributed by atoms with E-state index < -0.39 is 10.0 Å². The van der Waals surface area contributed by atoms with E-state index in [9.17, 15) is 8.42 Å². The Hall–Kier alpha value is -2.48. The maximum atomic E-state index is 12.8. The third-order valence-electron chi connectivity index (χ3n) is 5.10. The normalized spacial score (nSPS) is 16.3. The zero-order chi connectivity index (χ0) is 19.6. The van der Waals surface area contributed by atoms with Crippen molar-refractivity contribution in [1.82, 2.24) is 9.29 Å². The van der Waals surface area contributed by atoms with Gasteiger partial charge in [-0.15, -0.1) is 0 Å². The first kappa shape index (κ1) is 18.9. The largest absolute Gasteiger partial charge is 0.435 e. The van der Waals surface area contributed by atoms with E-state index in [2.05, 4.69) is 4.98 Å². The minimum Gasteiger partial charge on any atom is -0.435 e. The van der Waals surface area contributed by atoms with E-state index in [-0.39, 0.29) is 0 Å². The third kappa shape index (κ3) is 4.01. The van der Waals surface area contributed by atoms with Crippen LogP contribution in [0.25, 0.3) is 11.3 Å². The molecule has 0 spiro atoms. The first-order chi connectivity index (χ1) is 13.5. The summed E-state index contributed by atoms with van der Waals surface area (Å²) in [5.74, 6) is 1.44. The van der Waals surface area contributed by atoms with Crippen molar-refractivity contribution < 1.29 is 17.7 Å². The van der Waals surface area contributed by atoms with Crippen LogP contribution in [0, 0.1) is 6.92 Å². The van der Waals surface area contributed by atoms with Crippen LogP contribution in [0.1, 0.15) is 11.5 Å². The molecular weight excluding hydrogens is 374 g/mol. The third-order valence-corrected chi connectivity index (χ3v) is 7.01. The predicted octanol–water partition coefficient (Wildman–Crippen LogP) is 1.74. The summed E-state index contributed by atoms with van der Waals surface area (Å²) in [4.78, 5) is 6.03. The van der Waals surface area contributed by atoms with Gasteiger partial charge in [-0.2, -0.15) is 4.31 Å². The van der Waals surface area contributed by atoms with Gasteiger partial charge in [0.25, 0.3) is 5.89 Å². The van der Waals surface area contributed by atoms with Gasteiger partial charge in [-0.1, -0.05) is 48.0 Å². The van der Waals surface area contributed by atoms with Crippen molar-refractivity contribution in [3.8, 4) is 11.3 Å². The predicted molar refractivity (Wildman–Crippen MR) is 106 cm³/mol. The monoisotopic (exact) mass is 398 g/mol. The molecule has 3 aromatic rings. The van der Waals surface area contributed by atoms with E-state index in [0.29, 0.717) is 30.4 Å². The zero-order valence-electron chi connectivity index (χ0n) is 15.8. The van der Waals surface area contributed by atoms with E-state index >= 15 is 0 Å². The van der Waals surface area contributed by atoms with Crippen LogP contribution in [-0.2, 0) is 16.6 Å². The van der Waals surface area contributed by atoms with Gasteiger partial charge >= 0.3 is 0 Å². The number of nitrogens with one attached hydrogen (secondary N) is 1. The number of aromatic nitrogens is 1. The van der Waals surface area contributed by atoms with Gasteiger partial charge in [-0.25, -0.2) is 13.4 Å². The summed E-state index contributed by atoms with van der Waals surface area (Å²) >= 11 is 0. The molecule has 0 atom stereocenters. The Morgan fingerprint density at radius 2 is 1.71 bits per heavy atom. The summed E-state index contributed by atoms with van der Waals surface area (Å²) in [6.07, 6.45) is 1.75. The molecule has 28 heavy (non-hydrogen) atoms. The molecule has 0 radical (unpaired) electrons. The Morgan fingerprint density at radius 3 is 2.39 bits per heavy atom. The van der Waals surface area contributed by atoms with Crippen LogP contribution in [0.2, 0.25) is 0 Å². The van der Waals surface area contributed by atoms with Gasteiger partial charge in [0, 0.05) is 5.56 Å². The number of hydrogen-bond donors (Lipinski definition) is 1. The Morgan fingerprint density at radius 1 is 1.04 bits per heavy atom. The summed E-state index contributed by atoms with van der Waals surface area (Å²) in [5.41, 5.74) is 2.05. The van der Waals surface area contributed by atoms with Crippen molar-refractivity contribution in [3.05, 3.63) is 72.2 Å². The van der Waals surface area contributed by atoms with Crippen LogP contribution >= 0.6 is 0 Å². The maximum absolute atomic E-state index is 12.8. The number of oxazole rings is 1. The van der Waals surface area contributed by atoms with Crippen LogP contribution in [0.3, 0.4) is 0 Å². The molecule has 1 fully saturated rings. The van der Waals surface area contributed by atoms with Gasteiger partial charge in [0.2, 0.25) is 10.0 Å². The van der Waals surface area contributed by atoms with Gasteiger partial charge < -0.3 is 9.32 Å². The highest BCUT2D eigenvalue weighted by atomic mass is 32.2. The van der Waals surface area contributed by atoms with Gasteiger partial charge in [-0.3, -0.25) is 0 Å². The number of nitrogens with zero attached hydrogens (tertiary/aromatic N) is 2. The quantitative estimate of drug-likeness (QED) is 0.711. The zero-order valence-corrected chi connectivity index (χ0v) is 16.7. The van der Waals surface area contributed by atoms with E-state index in [1.807, 2.05) is 49.4 Å². The fraction of sp³-hybridized carbons (Fsp3) is 0.286. The van der Waals surface area contributed by atoms with Crippen molar-refractivity contribution in [2.75, 3.05) is 26.2 Å². The van der Waals surface area contributed by atoms with Crippen molar-refractivity contribution in [3.63, 3.8) is 0 Å². The molecule has 1 aromatic heterocycles. The maximum Gasteiger partial charge on any atom is 0.250 e. The summed E-state index contributed by atoms with van der Waals surface area (Å²) < 4.78 is 33.1. The van der Waals surface area contributed by atoms with Crippen molar-refractivity contribution in [2.24, 2.45) is 0 Å². The molecule has 0 amide bonds. The molecule has 2 aromatic carbocycles. The van der Waals surface area contributed by atoms with Crippen LogP contribution in [0.4, 0.5) is 0 Å². The standard InChI is InChI=1S/C21H23N3O3S/c1-17-7-9-19(10-8-17)28(25,26)24-13-11-23(12-14-24)16-21-22-15-20(27-21)18-5-3-2-4-6-18/h2-10,15H,11-14,16H2,1H3/p+1. The first-order valence-electron chi connectivity index (χ1n) is 9.43. The molecule has 1 N–H and O–H groups in total. The van der Waals surface area contributed by atoms with Gasteiger partial charge in [0.05, 0.1) is 37.3 Å². The van der Waals surface area contributed by atoms with Crippen LogP contribution in [0.15, 0.2) is 70.1 Å². The number of quaternary nitrogens is 1. The highest BCUT2D eigenvalue weighted by Crippen LogP contribution is 2.19. The van der Waals surface area contributed by atoms with Crippen LogP contribution in [-0.4, -0.2) is 43.9 Å². The minimum absolute atomic E-state index is 0.363. The fourth-order valence-corrected chi connectivity index (χ4v) is 4.86. The molecule has 4 rings (SSSR count). The van der Waals surface area contributed by atoms with Gasteiger partial charge in [-0.05, 0) is 19.1 Å². The molecule has 146 valence electrons. The molecule has 0 bridgehead atoms. The lowest BCUT2D eigenvalue weighted by atomic mass is 10.2. The Balaban J connectivity index is 1.37. The number of sulfonamides is 1. The van der Waals surface area contributed by atoms with Crippen molar-refractivity contribution >= 4 is 10.0 Å². The second-order valence-corrected chi connectivity index (χ2v) is 9.07. The second kappa shape index (κ2) is 7.87. The smallest absolute Gasteiger partial charge is 0.250 e. The molecule has 1 saturated heterocycles. The summed E-state index contributed by atoms with van der Waals surface area (Å²) in [6, 6.07) is 16.9. The molecule has 0 aliphatic carbocycles. The topological polar surface area (TPSA) is 67.8 Å². The Kier molecular flexibility index (Phi) is 5.30. The molecule has 0 unspecified atom stereocenters. The highest BCUT2D eigenvalue weighted by molar-refractivity contribution is 7.89. The number of hydrogen-bond acceptors (Lipinski definition) is 4. The lowest BCUT2D eigenvalue weighted by molar-refractivity contribution is -0.918. The summed E-state index contributed by atoms with van der Waals surface area (Å²) in [5, 5.41) is 0. The Labute approximate surface area is 165 Å². The van der Waals surface area contributed by atoms with Crippen molar-refractivity contribution in [1.29, 1.82) is 0 Å². The van der Waals surface area contributed by atoms with E-state index in [0.717, 1.165) is 30.0 Å². The molecule has 1 aliphatic rings. The van der Waals surface area contributed by atoms with E-state index in [4.69, 9.17) is 4.42 Å². The molecule has 6 nitrogen and oxygen atoms in total. The average molecular weight is 399 g/mol. The lowest BCUT2D eigenvalue weighted by Gasteiger charge is -2.30. The molecule has 0 saturated carbocycles. The van der Waals surface area contributed by atoms with Crippen LogP contribution in [0.5, 0.6) is 0 Å². The Bertz CT molecular complexity index is 1020. The number of aryl methyl sites for hydroxylation is 1. The molecule has 1 aliphatic heterocycles. The minimum atomic E-state index is -3.43. The second-order valence-electron chi connectivity index (χ2n) is 7.13. The number of benzene rings is 2. The fourth-order valence-electron chi connectivity index (χ4n) is 3.42. The molecule has 7 heteroatoms. The average Bonchev–Trinajstić information content (AvgIpc) is 3.18. The SMILES string of the molecule is Cc1ccc(S(=O)(=O)N2CC[NH+](Cc3ncc(-c4ccccc4)o3)CC2)cc1. The number of piperazine rings is 1. The van der Waals surface area contributed by atoms with Crippen molar-refractivity contribution in [2.45, 2.75) is 18.4 Å². The highest BCUT2D eigenvalue weighted by Gasteiger charge is 2.30. The lowest BCUT2D eigenvalue weighted by Crippen LogP contribution is -3.13. The molecular formula is C21H24N3O3S+. The first-order valence-corrected chi connectivity index (χ1v) is 10.9. The van der Waals surface area contributed by atoms with Crippen LogP contribution < -0.4 is 4.90 Å². The van der Waals surface area contributed by atoms with Gasteiger partial charge in [0.1, 0.15) is 0 Å².